The first kappa shape index (κ1) is 20.6. The molecule has 2 rings (SSSR count). The molecule has 24 heavy (non-hydrogen) atoms. The van der Waals surface area contributed by atoms with E-state index in [4.69, 9.17) is 13.0 Å². The van der Waals surface area contributed by atoms with Crippen molar-refractivity contribution in [2.45, 2.75) is 97.5 Å². The average Bonchev–Trinajstić information content (AvgIpc) is 2.46. The molecule has 2 fully saturated rings. The van der Waals surface area contributed by atoms with Crippen molar-refractivity contribution < 1.29 is 13.0 Å². The number of rotatable bonds is 4. The molecule has 0 amide bonds. The third-order valence-corrected chi connectivity index (χ3v) is 17.1. The second-order valence-corrected chi connectivity index (χ2v) is 18.3. The van der Waals surface area contributed by atoms with Crippen LogP contribution >= 0.6 is 0 Å². The summed E-state index contributed by atoms with van der Waals surface area (Å²) in [6, 6.07) is 0. The Bertz CT molecular complexity index is 420. The summed E-state index contributed by atoms with van der Waals surface area (Å²) in [5.74, 6) is 1.83. The third kappa shape index (κ3) is 3.09. The van der Waals surface area contributed by atoms with Gasteiger partial charge in [-0.05, 0) is 34.0 Å². The SMILES string of the molecule is CC1C(C)C2O[Si](C(C)C)(C(C)C)O[Si](C(C)C)(C(C)C)OCC12. The molecule has 1 saturated heterocycles. The van der Waals surface area contributed by atoms with E-state index in [1.807, 2.05) is 0 Å². The zero-order valence-electron chi connectivity index (χ0n) is 17.6. The lowest BCUT2D eigenvalue weighted by atomic mass is 9.64. The summed E-state index contributed by atoms with van der Waals surface area (Å²) in [4.78, 5) is 0. The van der Waals surface area contributed by atoms with Crippen molar-refractivity contribution in [1.82, 2.24) is 0 Å². The van der Waals surface area contributed by atoms with Crippen LogP contribution in [0.15, 0.2) is 0 Å². The fraction of sp³-hybridized carbons (Fsp3) is 1.00. The summed E-state index contributed by atoms with van der Waals surface area (Å²) < 4.78 is 21.0. The lowest BCUT2D eigenvalue weighted by Crippen LogP contribution is -2.68. The topological polar surface area (TPSA) is 27.7 Å². The molecule has 5 heteroatoms. The summed E-state index contributed by atoms with van der Waals surface area (Å²) >= 11 is 0. The summed E-state index contributed by atoms with van der Waals surface area (Å²) in [6.07, 6.45) is 0.322. The Morgan fingerprint density at radius 2 is 1.17 bits per heavy atom. The largest absolute Gasteiger partial charge is 0.414 e. The fourth-order valence-electron chi connectivity index (χ4n) is 4.83. The van der Waals surface area contributed by atoms with Gasteiger partial charge in [0.05, 0.1) is 6.10 Å². The molecule has 0 bridgehead atoms. The normalized spacial score (nSPS) is 35.8. The van der Waals surface area contributed by atoms with Crippen LogP contribution in [-0.2, 0) is 13.0 Å². The highest BCUT2D eigenvalue weighted by molar-refractivity contribution is 6.83. The number of hydrogen-bond acceptors (Lipinski definition) is 3. The van der Waals surface area contributed by atoms with E-state index in [0.29, 0.717) is 46.0 Å². The smallest absolute Gasteiger partial charge is 0.334 e. The average molecular weight is 373 g/mol. The van der Waals surface area contributed by atoms with E-state index in [1.165, 1.54) is 0 Å². The van der Waals surface area contributed by atoms with Crippen molar-refractivity contribution >= 4 is 17.1 Å². The number of fused-ring (bicyclic) bond motifs is 1. The maximum Gasteiger partial charge on any atom is 0.334 e. The van der Waals surface area contributed by atoms with Crippen LogP contribution in [0, 0.1) is 17.8 Å². The van der Waals surface area contributed by atoms with E-state index < -0.39 is 17.1 Å². The molecule has 1 aliphatic carbocycles. The minimum Gasteiger partial charge on any atom is -0.414 e. The molecule has 4 atom stereocenters. The predicted octanol–water partition coefficient (Wildman–Crippen LogP) is 5.84. The molecule has 0 aromatic heterocycles. The molecule has 1 heterocycles. The Kier molecular flexibility index (Phi) is 6.14. The van der Waals surface area contributed by atoms with Crippen molar-refractivity contribution in [2.24, 2.45) is 17.8 Å². The van der Waals surface area contributed by atoms with Gasteiger partial charge in [0.15, 0.2) is 0 Å². The van der Waals surface area contributed by atoms with Gasteiger partial charge in [0.25, 0.3) is 0 Å². The highest BCUT2D eigenvalue weighted by Gasteiger charge is 2.61. The van der Waals surface area contributed by atoms with Gasteiger partial charge in [0, 0.05) is 12.5 Å². The second-order valence-electron chi connectivity index (χ2n) is 9.44. The van der Waals surface area contributed by atoms with Gasteiger partial charge < -0.3 is 13.0 Å². The molecule has 0 aromatic carbocycles. The maximum absolute atomic E-state index is 7.18. The van der Waals surface area contributed by atoms with Crippen LogP contribution in [0.3, 0.4) is 0 Å². The van der Waals surface area contributed by atoms with E-state index in [0.717, 1.165) is 6.61 Å². The van der Waals surface area contributed by atoms with Gasteiger partial charge in [-0.3, -0.25) is 0 Å². The van der Waals surface area contributed by atoms with Gasteiger partial charge in [0.2, 0.25) is 0 Å². The minimum atomic E-state index is -2.37. The number of hydrogen-bond donors (Lipinski definition) is 0. The molecule has 3 nitrogen and oxygen atoms in total. The molecule has 2 aliphatic rings. The molecular weight excluding hydrogens is 332 g/mol. The standard InChI is InChI=1S/C19H40O3Si2/c1-12(2)23(13(3)4)20-11-18-16(9)17(10)19(18)21-24(22-23,14(5)6)15(7)8/h12-19H,11H2,1-10H3. The monoisotopic (exact) mass is 372 g/mol. The van der Waals surface area contributed by atoms with Gasteiger partial charge in [-0.15, -0.1) is 0 Å². The summed E-state index contributed by atoms with van der Waals surface area (Å²) in [5, 5.41) is 0. The summed E-state index contributed by atoms with van der Waals surface area (Å²) in [5.41, 5.74) is 1.75. The summed E-state index contributed by atoms with van der Waals surface area (Å²) in [6.45, 7) is 23.9. The molecule has 4 unspecified atom stereocenters. The van der Waals surface area contributed by atoms with E-state index in [2.05, 4.69) is 69.2 Å². The van der Waals surface area contributed by atoms with Gasteiger partial charge in [0.1, 0.15) is 0 Å². The molecular formula is C19H40O3Si2. The Labute approximate surface area is 152 Å². The van der Waals surface area contributed by atoms with E-state index in [9.17, 15) is 0 Å². The summed E-state index contributed by atoms with van der Waals surface area (Å²) in [7, 11) is -4.70. The molecule has 0 spiro atoms. The van der Waals surface area contributed by atoms with Crippen molar-refractivity contribution in [3.8, 4) is 0 Å². The first-order valence-corrected chi connectivity index (χ1v) is 14.0. The molecule has 1 saturated carbocycles. The minimum absolute atomic E-state index is 0.322. The maximum atomic E-state index is 7.18. The van der Waals surface area contributed by atoms with Crippen molar-refractivity contribution in [1.29, 1.82) is 0 Å². The Morgan fingerprint density at radius 3 is 1.58 bits per heavy atom. The second kappa shape index (κ2) is 7.14. The van der Waals surface area contributed by atoms with Crippen LogP contribution in [-0.4, -0.2) is 29.8 Å². The Hall–Kier alpha value is 0.314. The van der Waals surface area contributed by atoms with Gasteiger partial charge in [-0.2, -0.15) is 0 Å². The van der Waals surface area contributed by atoms with Crippen LogP contribution in [0.1, 0.15) is 69.2 Å². The van der Waals surface area contributed by atoms with Crippen molar-refractivity contribution in [3.63, 3.8) is 0 Å². The fourth-order valence-corrected chi connectivity index (χ4v) is 16.2. The van der Waals surface area contributed by atoms with Crippen LogP contribution in [0.2, 0.25) is 22.2 Å². The first-order valence-electron chi connectivity index (χ1n) is 10.0. The van der Waals surface area contributed by atoms with Crippen LogP contribution in [0.4, 0.5) is 0 Å². The Balaban J connectivity index is 2.50. The van der Waals surface area contributed by atoms with Crippen molar-refractivity contribution in [3.05, 3.63) is 0 Å². The zero-order chi connectivity index (χ0) is 18.4. The molecule has 142 valence electrons. The van der Waals surface area contributed by atoms with Gasteiger partial charge >= 0.3 is 17.1 Å². The lowest BCUT2D eigenvalue weighted by molar-refractivity contribution is -0.116. The highest BCUT2D eigenvalue weighted by Crippen LogP contribution is 2.52. The molecule has 0 N–H and O–H groups in total. The molecule has 0 aromatic rings. The lowest BCUT2D eigenvalue weighted by Gasteiger charge is -2.58. The molecule has 0 radical (unpaired) electrons. The third-order valence-electron chi connectivity index (χ3n) is 6.80. The van der Waals surface area contributed by atoms with Gasteiger partial charge in [-0.1, -0.05) is 69.2 Å². The van der Waals surface area contributed by atoms with Crippen molar-refractivity contribution in [2.75, 3.05) is 6.61 Å². The van der Waals surface area contributed by atoms with Gasteiger partial charge in [-0.25, -0.2) is 0 Å². The first-order chi connectivity index (χ1) is 11.0. The van der Waals surface area contributed by atoms with E-state index in [1.54, 1.807) is 0 Å². The highest BCUT2D eigenvalue weighted by atomic mass is 28.5. The van der Waals surface area contributed by atoms with E-state index in [-0.39, 0.29) is 0 Å². The van der Waals surface area contributed by atoms with E-state index >= 15 is 0 Å². The van der Waals surface area contributed by atoms with Crippen LogP contribution in [0.5, 0.6) is 0 Å². The molecule has 1 aliphatic heterocycles. The zero-order valence-corrected chi connectivity index (χ0v) is 19.6. The van der Waals surface area contributed by atoms with Crippen LogP contribution < -0.4 is 0 Å². The Morgan fingerprint density at radius 1 is 0.708 bits per heavy atom. The quantitative estimate of drug-likeness (QED) is 0.580. The predicted molar refractivity (Wildman–Crippen MR) is 106 cm³/mol. The van der Waals surface area contributed by atoms with Crippen LogP contribution in [0.25, 0.3) is 0 Å².